The molecule has 1 aliphatic rings. The van der Waals surface area contributed by atoms with Gasteiger partial charge in [-0.25, -0.2) is 0 Å². The molecule has 1 heterocycles. The zero-order chi connectivity index (χ0) is 13.0. The molecule has 1 amide bonds. The SMILES string of the molecule is COC1(C(=O)Nc2ccccc2O)CCNCC1.Cl. The van der Waals surface area contributed by atoms with Crippen LogP contribution in [0.3, 0.4) is 0 Å². The zero-order valence-electron chi connectivity index (χ0n) is 10.8. The van der Waals surface area contributed by atoms with Crippen molar-refractivity contribution in [3.8, 4) is 5.75 Å². The van der Waals surface area contributed by atoms with E-state index in [1.54, 1.807) is 25.3 Å². The molecule has 1 fully saturated rings. The molecule has 2 rings (SSSR count). The molecule has 5 nitrogen and oxygen atoms in total. The number of piperidine rings is 1. The van der Waals surface area contributed by atoms with Gasteiger partial charge >= 0.3 is 0 Å². The molecule has 0 saturated carbocycles. The van der Waals surface area contributed by atoms with E-state index in [1.165, 1.54) is 6.07 Å². The van der Waals surface area contributed by atoms with Gasteiger partial charge in [0.2, 0.25) is 0 Å². The maximum Gasteiger partial charge on any atom is 0.256 e. The minimum atomic E-state index is -0.798. The molecular weight excluding hydrogens is 268 g/mol. The predicted octanol–water partition coefficient (Wildman–Crippen LogP) is 1.52. The third-order valence-corrected chi connectivity index (χ3v) is 3.37. The highest BCUT2D eigenvalue weighted by molar-refractivity contribution is 5.98. The number of carbonyl (C=O) groups is 1. The summed E-state index contributed by atoms with van der Waals surface area (Å²) >= 11 is 0. The molecule has 0 unspecified atom stereocenters. The molecule has 1 aliphatic heterocycles. The number of hydrogen-bond acceptors (Lipinski definition) is 4. The molecule has 0 atom stereocenters. The second-order valence-corrected chi connectivity index (χ2v) is 4.42. The highest BCUT2D eigenvalue weighted by Crippen LogP contribution is 2.27. The van der Waals surface area contributed by atoms with Gasteiger partial charge in [0.15, 0.2) is 0 Å². The quantitative estimate of drug-likeness (QED) is 0.737. The lowest BCUT2D eigenvalue weighted by molar-refractivity contribution is -0.140. The normalized spacial score (nSPS) is 17.3. The second kappa shape index (κ2) is 6.75. The monoisotopic (exact) mass is 286 g/mol. The van der Waals surface area contributed by atoms with Gasteiger partial charge in [0, 0.05) is 7.11 Å². The molecule has 1 aromatic carbocycles. The average molecular weight is 287 g/mol. The molecule has 0 aromatic heterocycles. The molecule has 0 aliphatic carbocycles. The lowest BCUT2D eigenvalue weighted by Crippen LogP contribution is -2.51. The number of phenolic OH excluding ortho intramolecular Hbond substituents is 1. The molecule has 3 N–H and O–H groups in total. The lowest BCUT2D eigenvalue weighted by atomic mass is 9.91. The fourth-order valence-electron chi connectivity index (χ4n) is 2.17. The number of carbonyl (C=O) groups excluding carboxylic acids is 1. The van der Waals surface area contributed by atoms with Gasteiger partial charge in [-0.1, -0.05) is 12.1 Å². The van der Waals surface area contributed by atoms with Crippen LogP contribution >= 0.6 is 12.4 Å². The van der Waals surface area contributed by atoms with Gasteiger partial charge in [-0.3, -0.25) is 4.79 Å². The van der Waals surface area contributed by atoms with Crippen LogP contribution in [0.2, 0.25) is 0 Å². The minimum Gasteiger partial charge on any atom is -0.506 e. The number of amides is 1. The van der Waals surface area contributed by atoms with E-state index in [-0.39, 0.29) is 24.1 Å². The summed E-state index contributed by atoms with van der Waals surface area (Å²) in [5, 5.41) is 15.6. The summed E-state index contributed by atoms with van der Waals surface area (Å²) in [5.41, 5.74) is -0.384. The first-order valence-corrected chi connectivity index (χ1v) is 6.03. The van der Waals surface area contributed by atoms with Crippen molar-refractivity contribution in [2.24, 2.45) is 0 Å². The Morgan fingerprint density at radius 2 is 2.00 bits per heavy atom. The van der Waals surface area contributed by atoms with E-state index in [1.807, 2.05) is 0 Å². The third kappa shape index (κ3) is 3.37. The number of aromatic hydroxyl groups is 1. The molecule has 106 valence electrons. The first-order chi connectivity index (χ1) is 8.68. The number of phenols is 1. The number of methoxy groups -OCH3 is 1. The number of ether oxygens (including phenoxy) is 1. The van der Waals surface area contributed by atoms with E-state index in [4.69, 9.17) is 4.74 Å². The van der Waals surface area contributed by atoms with Crippen LogP contribution < -0.4 is 10.6 Å². The highest BCUT2D eigenvalue weighted by atomic mass is 35.5. The van der Waals surface area contributed by atoms with Crippen molar-refractivity contribution in [3.63, 3.8) is 0 Å². The van der Waals surface area contributed by atoms with Gasteiger partial charge in [0.1, 0.15) is 11.4 Å². The summed E-state index contributed by atoms with van der Waals surface area (Å²) in [7, 11) is 1.55. The summed E-state index contributed by atoms with van der Waals surface area (Å²) in [6.07, 6.45) is 1.26. The summed E-state index contributed by atoms with van der Waals surface area (Å²) in [6.45, 7) is 1.50. The largest absolute Gasteiger partial charge is 0.506 e. The Labute approximate surface area is 118 Å². The molecule has 0 spiro atoms. The van der Waals surface area contributed by atoms with Gasteiger partial charge in [-0.15, -0.1) is 12.4 Å². The number of hydrogen-bond donors (Lipinski definition) is 3. The predicted molar refractivity (Wildman–Crippen MR) is 75.8 cm³/mol. The molecular formula is C13H19ClN2O3. The lowest BCUT2D eigenvalue weighted by Gasteiger charge is -2.34. The van der Waals surface area contributed by atoms with Crippen molar-refractivity contribution in [2.45, 2.75) is 18.4 Å². The summed E-state index contributed by atoms with van der Waals surface area (Å²) in [4.78, 5) is 12.3. The average Bonchev–Trinajstić information content (AvgIpc) is 2.42. The molecule has 1 aromatic rings. The number of para-hydroxylation sites is 2. The van der Waals surface area contributed by atoms with E-state index in [2.05, 4.69) is 10.6 Å². The molecule has 0 radical (unpaired) electrons. The van der Waals surface area contributed by atoms with E-state index < -0.39 is 5.60 Å². The van der Waals surface area contributed by atoms with Crippen LogP contribution in [-0.4, -0.2) is 36.8 Å². The maximum absolute atomic E-state index is 12.3. The Hall–Kier alpha value is -1.30. The Balaban J connectivity index is 0.00000180. The van der Waals surface area contributed by atoms with Crippen LogP contribution in [0.4, 0.5) is 5.69 Å². The van der Waals surface area contributed by atoms with Gasteiger partial charge in [-0.2, -0.15) is 0 Å². The van der Waals surface area contributed by atoms with Crippen LogP contribution in [0, 0.1) is 0 Å². The van der Waals surface area contributed by atoms with Gasteiger partial charge in [-0.05, 0) is 38.1 Å². The number of rotatable bonds is 3. The van der Waals surface area contributed by atoms with Crippen molar-refractivity contribution >= 4 is 24.0 Å². The first-order valence-electron chi connectivity index (χ1n) is 6.03. The topological polar surface area (TPSA) is 70.6 Å². The molecule has 0 bridgehead atoms. The Morgan fingerprint density at radius 3 is 2.58 bits per heavy atom. The van der Waals surface area contributed by atoms with Crippen LogP contribution in [0.1, 0.15) is 12.8 Å². The summed E-state index contributed by atoms with van der Waals surface area (Å²) < 4.78 is 5.42. The summed E-state index contributed by atoms with van der Waals surface area (Å²) in [5.74, 6) is -0.140. The van der Waals surface area contributed by atoms with Crippen molar-refractivity contribution < 1.29 is 14.6 Å². The van der Waals surface area contributed by atoms with Gasteiger partial charge < -0.3 is 20.5 Å². The Bertz CT molecular complexity index is 434. The fraction of sp³-hybridized carbons (Fsp3) is 0.462. The van der Waals surface area contributed by atoms with Crippen LogP contribution in [-0.2, 0) is 9.53 Å². The highest BCUT2D eigenvalue weighted by Gasteiger charge is 2.39. The zero-order valence-corrected chi connectivity index (χ0v) is 11.6. The van der Waals surface area contributed by atoms with E-state index in [9.17, 15) is 9.90 Å². The number of benzene rings is 1. The summed E-state index contributed by atoms with van der Waals surface area (Å²) in [6, 6.07) is 6.67. The molecule has 19 heavy (non-hydrogen) atoms. The standard InChI is InChI=1S/C13H18N2O3.ClH/c1-18-13(6-8-14-9-7-13)12(17)15-10-4-2-3-5-11(10)16;/h2-5,14,16H,6-9H2,1H3,(H,15,17);1H. The van der Waals surface area contributed by atoms with Crippen LogP contribution in [0.5, 0.6) is 5.75 Å². The van der Waals surface area contributed by atoms with E-state index >= 15 is 0 Å². The maximum atomic E-state index is 12.3. The Morgan fingerprint density at radius 1 is 1.37 bits per heavy atom. The molecule has 1 saturated heterocycles. The van der Waals surface area contributed by atoms with E-state index in [0.717, 1.165) is 13.1 Å². The van der Waals surface area contributed by atoms with Crippen molar-refractivity contribution in [1.29, 1.82) is 0 Å². The number of anilines is 1. The first kappa shape index (κ1) is 15.8. The van der Waals surface area contributed by atoms with Crippen molar-refractivity contribution in [3.05, 3.63) is 24.3 Å². The number of halogens is 1. The third-order valence-electron chi connectivity index (χ3n) is 3.37. The van der Waals surface area contributed by atoms with Crippen molar-refractivity contribution in [1.82, 2.24) is 5.32 Å². The fourth-order valence-corrected chi connectivity index (χ4v) is 2.17. The van der Waals surface area contributed by atoms with Crippen molar-refractivity contribution in [2.75, 3.05) is 25.5 Å². The van der Waals surface area contributed by atoms with Crippen LogP contribution in [0.15, 0.2) is 24.3 Å². The second-order valence-electron chi connectivity index (χ2n) is 4.42. The smallest absolute Gasteiger partial charge is 0.256 e. The Kier molecular flexibility index (Phi) is 5.60. The van der Waals surface area contributed by atoms with Gasteiger partial charge in [0.05, 0.1) is 5.69 Å². The van der Waals surface area contributed by atoms with Gasteiger partial charge in [0.25, 0.3) is 5.91 Å². The molecule has 6 heteroatoms. The van der Waals surface area contributed by atoms with Crippen LogP contribution in [0.25, 0.3) is 0 Å². The number of nitrogens with one attached hydrogen (secondary N) is 2. The minimum absolute atomic E-state index is 0. The van der Waals surface area contributed by atoms with E-state index in [0.29, 0.717) is 18.5 Å².